The summed E-state index contributed by atoms with van der Waals surface area (Å²) in [6, 6.07) is 3.35. The van der Waals surface area contributed by atoms with Crippen LogP contribution in [0.2, 0.25) is 0 Å². The molecule has 2 heterocycles. The molecule has 6 nitrogen and oxygen atoms in total. The van der Waals surface area contributed by atoms with Gasteiger partial charge in [0.2, 0.25) is 0 Å². The van der Waals surface area contributed by atoms with Crippen LogP contribution in [-0.4, -0.2) is 45.9 Å². The molecule has 2 aliphatic carbocycles. The highest BCUT2D eigenvalue weighted by Gasteiger charge is 2.44. The Balaban J connectivity index is 1.28. The SMILES string of the molecule is CC(C)(C)OC(=O)N1C[C@H]2CC(Nc3nnc(-c4cc(F)cc(F)c4F)cc3C3CC3)C[C@H]2C1. The molecule has 0 spiro atoms. The van der Waals surface area contributed by atoms with Crippen LogP contribution in [0.1, 0.15) is 57.9 Å². The average Bonchev–Trinajstić information content (AvgIpc) is 3.41. The fourth-order valence-corrected chi connectivity index (χ4v) is 5.18. The van der Waals surface area contributed by atoms with Crippen molar-refractivity contribution in [3.8, 4) is 11.3 Å². The van der Waals surface area contributed by atoms with Crippen LogP contribution in [0, 0.1) is 29.3 Å². The van der Waals surface area contributed by atoms with Crippen molar-refractivity contribution >= 4 is 11.9 Å². The Hall–Kier alpha value is -2.84. The maximum atomic E-state index is 14.3. The zero-order valence-corrected chi connectivity index (χ0v) is 19.6. The molecule has 9 heteroatoms. The molecule has 2 saturated carbocycles. The lowest BCUT2D eigenvalue weighted by Crippen LogP contribution is -2.36. The van der Waals surface area contributed by atoms with Gasteiger partial charge in [-0.05, 0) is 76.3 Å². The van der Waals surface area contributed by atoms with Gasteiger partial charge in [-0.15, -0.1) is 10.2 Å². The van der Waals surface area contributed by atoms with Crippen molar-refractivity contribution in [2.75, 3.05) is 18.4 Å². The van der Waals surface area contributed by atoms with Gasteiger partial charge in [0, 0.05) is 36.3 Å². The van der Waals surface area contributed by atoms with Crippen LogP contribution in [0.3, 0.4) is 0 Å². The number of nitrogens with one attached hydrogen (secondary N) is 1. The summed E-state index contributed by atoms with van der Waals surface area (Å²) in [5.74, 6) is -1.51. The third-order valence-electron chi connectivity index (χ3n) is 6.85. The Bertz CT molecular complexity index is 1100. The van der Waals surface area contributed by atoms with Gasteiger partial charge in [-0.3, -0.25) is 0 Å². The predicted molar refractivity (Wildman–Crippen MR) is 121 cm³/mol. The van der Waals surface area contributed by atoms with E-state index in [0.29, 0.717) is 36.8 Å². The van der Waals surface area contributed by atoms with Crippen LogP contribution in [0.15, 0.2) is 18.2 Å². The molecule has 1 saturated heterocycles. The molecule has 1 aromatic heterocycles. The quantitative estimate of drug-likeness (QED) is 0.593. The van der Waals surface area contributed by atoms with Crippen LogP contribution in [0.4, 0.5) is 23.8 Å². The maximum Gasteiger partial charge on any atom is 0.410 e. The normalized spacial score (nSPS) is 24.3. The molecule has 2 aromatic rings. The predicted octanol–water partition coefficient (Wildman–Crippen LogP) is 5.50. The number of fused-ring (bicyclic) bond motifs is 1. The van der Waals surface area contributed by atoms with Crippen LogP contribution in [-0.2, 0) is 4.74 Å². The van der Waals surface area contributed by atoms with E-state index >= 15 is 0 Å². The lowest BCUT2D eigenvalue weighted by molar-refractivity contribution is 0.0280. The topological polar surface area (TPSA) is 67.3 Å². The molecule has 1 N–H and O–H groups in total. The number of carbonyl (C=O) groups excluding carboxylic acids is 1. The smallest absolute Gasteiger partial charge is 0.410 e. The fourth-order valence-electron chi connectivity index (χ4n) is 5.18. The zero-order chi connectivity index (χ0) is 24.2. The van der Waals surface area contributed by atoms with E-state index in [0.717, 1.165) is 37.3 Å². The first kappa shape index (κ1) is 22.9. The average molecular weight is 475 g/mol. The molecule has 34 heavy (non-hydrogen) atoms. The molecule has 3 atom stereocenters. The molecule has 3 fully saturated rings. The van der Waals surface area contributed by atoms with E-state index in [1.165, 1.54) is 0 Å². The molecule has 1 aromatic carbocycles. The second-order valence-corrected chi connectivity index (χ2v) is 10.8. The van der Waals surface area contributed by atoms with Crippen molar-refractivity contribution in [2.24, 2.45) is 11.8 Å². The summed E-state index contributed by atoms with van der Waals surface area (Å²) in [6.45, 7) is 6.96. The standard InChI is InChI=1S/C25H29F3N4O2/c1-25(2,3)34-24(33)32-11-14-6-17(7-15(14)12-32)29-23-18(13-4-5-13)10-21(30-31-23)19-8-16(26)9-20(27)22(19)28/h8-10,13-15,17H,4-7,11-12H2,1-3H3,(H,29,31)/t14-,15+,17?. The van der Waals surface area contributed by atoms with Gasteiger partial charge in [-0.1, -0.05) is 0 Å². The largest absolute Gasteiger partial charge is 0.444 e. The van der Waals surface area contributed by atoms with Gasteiger partial charge in [0.25, 0.3) is 0 Å². The van der Waals surface area contributed by atoms with Gasteiger partial charge in [0.05, 0.1) is 5.69 Å². The zero-order valence-electron chi connectivity index (χ0n) is 19.6. The minimum absolute atomic E-state index is 0.125. The fraction of sp³-hybridized carbons (Fsp3) is 0.560. The van der Waals surface area contributed by atoms with E-state index in [2.05, 4.69) is 15.5 Å². The minimum atomic E-state index is -1.25. The summed E-state index contributed by atoms with van der Waals surface area (Å²) in [6.07, 6.45) is 3.52. The Morgan fingerprint density at radius 1 is 1.06 bits per heavy atom. The second-order valence-electron chi connectivity index (χ2n) is 10.8. The van der Waals surface area contributed by atoms with Crippen molar-refractivity contribution < 1.29 is 22.7 Å². The molecule has 1 aliphatic heterocycles. The van der Waals surface area contributed by atoms with Crippen LogP contribution in [0.5, 0.6) is 0 Å². The Morgan fingerprint density at radius 3 is 2.35 bits per heavy atom. The highest BCUT2D eigenvalue weighted by atomic mass is 19.2. The third-order valence-corrected chi connectivity index (χ3v) is 6.85. The molecular formula is C25H29F3N4O2. The van der Waals surface area contributed by atoms with Gasteiger partial charge in [-0.2, -0.15) is 0 Å². The number of ether oxygens (including phenoxy) is 1. The number of hydrogen-bond acceptors (Lipinski definition) is 5. The molecule has 0 radical (unpaired) electrons. The molecule has 0 bridgehead atoms. The van der Waals surface area contributed by atoms with Gasteiger partial charge in [0.1, 0.15) is 11.4 Å². The number of amides is 1. The van der Waals surface area contributed by atoms with Crippen molar-refractivity contribution in [3.05, 3.63) is 41.2 Å². The number of benzene rings is 1. The van der Waals surface area contributed by atoms with Gasteiger partial charge in [0.15, 0.2) is 17.5 Å². The highest BCUT2D eigenvalue weighted by Crippen LogP contribution is 2.45. The molecule has 1 unspecified atom stereocenters. The number of likely N-dealkylation sites (tertiary alicyclic amines) is 1. The number of carbonyl (C=O) groups is 1. The highest BCUT2D eigenvalue weighted by molar-refractivity contribution is 5.68. The lowest BCUT2D eigenvalue weighted by Gasteiger charge is -2.25. The Labute approximate surface area is 196 Å². The van der Waals surface area contributed by atoms with E-state index in [1.807, 2.05) is 20.8 Å². The first-order valence-electron chi connectivity index (χ1n) is 11.8. The first-order chi connectivity index (χ1) is 16.1. The summed E-state index contributed by atoms with van der Waals surface area (Å²) in [5.41, 5.74) is 0.292. The van der Waals surface area contributed by atoms with E-state index in [4.69, 9.17) is 4.74 Å². The number of rotatable bonds is 4. The monoisotopic (exact) mass is 474 g/mol. The van der Waals surface area contributed by atoms with Crippen LogP contribution < -0.4 is 5.32 Å². The van der Waals surface area contributed by atoms with E-state index in [-0.39, 0.29) is 29.3 Å². The van der Waals surface area contributed by atoms with E-state index < -0.39 is 23.1 Å². The summed E-state index contributed by atoms with van der Waals surface area (Å²) in [5, 5.41) is 11.9. The first-order valence-corrected chi connectivity index (χ1v) is 11.8. The third kappa shape index (κ3) is 4.70. The summed E-state index contributed by atoms with van der Waals surface area (Å²) in [4.78, 5) is 14.2. The molecule has 182 valence electrons. The molecule has 5 rings (SSSR count). The summed E-state index contributed by atoms with van der Waals surface area (Å²) in [7, 11) is 0. The van der Waals surface area contributed by atoms with Crippen molar-refractivity contribution in [3.63, 3.8) is 0 Å². The van der Waals surface area contributed by atoms with Gasteiger partial charge in [-0.25, -0.2) is 18.0 Å². The van der Waals surface area contributed by atoms with Crippen molar-refractivity contribution in [1.29, 1.82) is 0 Å². The van der Waals surface area contributed by atoms with E-state index in [9.17, 15) is 18.0 Å². The van der Waals surface area contributed by atoms with Gasteiger partial charge >= 0.3 is 6.09 Å². The summed E-state index contributed by atoms with van der Waals surface area (Å²) >= 11 is 0. The second kappa shape index (κ2) is 8.43. The summed E-state index contributed by atoms with van der Waals surface area (Å²) < 4.78 is 47.2. The Kier molecular flexibility index (Phi) is 5.68. The van der Waals surface area contributed by atoms with Crippen molar-refractivity contribution in [1.82, 2.24) is 15.1 Å². The van der Waals surface area contributed by atoms with Crippen LogP contribution >= 0.6 is 0 Å². The molecular weight excluding hydrogens is 445 g/mol. The lowest BCUT2D eigenvalue weighted by atomic mass is 10.0. The maximum absolute atomic E-state index is 14.3. The van der Waals surface area contributed by atoms with Gasteiger partial charge < -0.3 is 15.0 Å². The van der Waals surface area contributed by atoms with Crippen molar-refractivity contribution in [2.45, 2.75) is 64.0 Å². The van der Waals surface area contributed by atoms with Crippen LogP contribution in [0.25, 0.3) is 11.3 Å². The van der Waals surface area contributed by atoms with E-state index in [1.54, 1.807) is 11.0 Å². The number of anilines is 1. The molecule has 3 aliphatic rings. The number of halogens is 3. The Morgan fingerprint density at radius 2 is 1.74 bits per heavy atom. The number of hydrogen-bond donors (Lipinski definition) is 1. The molecule has 1 amide bonds. The minimum Gasteiger partial charge on any atom is -0.444 e. The number of aromatic nitrogens is 2. The number of nitrogens with zero attached hydrogens (tertiary/aromatic N) is 3.